The molecule has 0 fully saturated rings. The van der Waals surface area contributed by atoms with E-state index in [0.29, 0.717) is 0 Å². The molecule has 0 saturated heterocycles. The highest BCUT2D eigenvalue weighted by molar-refractivity contribution is 5.46. The average molecular weight is 281 g/mol. The molecule has 1 aromatic heterocycles. The van der Waals surface area contributed by atoms with Gasteiger partial charge in [0.15, 0.2) is 0 Å². The van der Waals surface area contributed by atoms with Crippen molar-refractivity contribution in [1.82, 2.24) is 9.78 Å². The molecule has 1 unspecified atom stereocenters. The summed E-state index contributed by atoms with van der Waals surface area (Å²) in [6, 6.07) is 3.04. The van der Waals surface area contributed by atoms with E-state index in [4.69, 9.17) is 0 Å². The lowest BCUT2D eigenvalue weighted by Crippen LogP contribution is -2.14. The van der Waals surface area contributed by atoms with E-state index in [2.05, 4.69) is 10.4 Å². The Bertz CT molecular complexity index is 598. The lowest BCUT2D eigenvalue weighted by Gasteiger charge is -2.13. The van der Waals surface area contributed by atoms with Crippen molar-refractivity contribution in [2.24, 2.45) is 7.05 Å². The van der Waals surface area contributed by atoms with Gasteiger partial charge in [-0.3, -0.25) is 4.68 Å². The summed E-state index contributed by atoms with van der Waals surface area (Å²) in [5.41, 5.74) is 1.59. The van der Waals surface area contributed by atoms with Gasteiger partial charge in [-0.1, -0.05) is 6.92 Å². The Hall–Kier alpha value is -1.95. The lowest BCUT2D eigenvalue weighted by molar-refractivity contribution is 0.186. The maximum atomic E-state index is 13.5. The van der Waals surface area contributed by atoms with Gasteiger partial charge in [0, 0.05) is 25.4 Å². The van der Waals surface area contributed by atoms with Crippen molar-refractivity contribution in [2.75, 3.05) is 11.9 Å². The second-order valence-electron chi connectivity index (χ2n) is 4.58. The molecular formula is C14H17F2N3O. The Labute approximate surface area is 116 Å². The number of anilines is 1. The Morgan fingerprint density at radius 1 is 1.40 bits per heavy atom. The number of nitrogens with one attached hydrogen (secondary N) is 1. The molecule has 0 spiro atoms. The van der Waals surface area contributed by atoms with Crippen molar-refractivity contribution in [3.8, 4) is 0 Å². The van der Waals surface area contributed by atoms with Gasteiger partial charge in [-0.05, 0) is 24.6 Å². The van der Waals surface area contributed by atoms with Crippen LogP contribution in [0.3, 0.4) is 0 Å². The van der Waals surface area contributed by atoms with Crippen molar-refractivity contribution in [3.05, 3.63) is 47.3 Å². The van der Waals surface area contributed by atoms with E-state index in [1.165, 1.54) is 0 Å². The summed E-state index contributed by atoms with van der Waals surface area (Å²) in [4.78, 5) is 0. The van der Waals surface area contributed by atoms with Crippen LogP contribution in [0.1, 0.15) is 24.3 Å². The summed E-state index contributed by atoms with van der Waals surface area (Å²) >= 11 is 0. The van der Waals surface area contributed by atoms with Crippen LogP contribution in [0.15, 0.2) is 24.4 Å². The van der Waals surface area contributed by atoms with Crippen LogP contribution in [-0.4, -0.2) is 21.4 Å². The van der Waals surface area contributed by atoms with Gasteiger partial charge >= 0.3 is 0 Å². The first-order valence-electron chi connectivity index (χ1n) is 6.40. The number of aliphatic hydroxyl groups excluding tert-OH is 1. The van der Waals surface area contributed by atoms with Crippen LogP contribution in [0.2, 0.25) is 0 Å². The first-order valence-corrected chi connectivity index (χ1v) is 6.40. The highest BCUT2D eigenvalue weighted by Gasteiger charge is 2.15. The Morgan fingerprint density at radius 2 is 2.15 bits per heavy atom. The fraction of sp³-hybridized carbons (Fsp3) is 0.357. The van der Waals surface area contributed by atoms with Crippen LogP contribution in [0, 0.1) is 11.6 Å². The quantitative estimate of drug-likeness (QED) is 0.885. The van der Waals surface area contributed by atoms with E-state index in [1.807, 2.05) is 6.92 Å². The number of hydrogen-bond acceptors (Lipinski definition) is 3. The summed E-state index contributed by atoms with van der Waals surface area (Å²) in [5.74, 6) is -1.20. The summed E-state index contributed by atoms with van der Waals surface area (Å²) in [6.45, 7) is 2.05. The highest BCUT2D eigenvalue weighted by atomic mass is 19.1. The minimum Gasteiger partial charge on any atom is -0.386 e. The monoisotopic (exact) mass is 281 g/mol. The molecule has 0 radical (unpaired) electrons. The van der Waals surface area contributed by atoms with Crippen molar-refractivity contribution < 1.29 is 13.9 Å². The molecule has 4 nitrogen and oxygen atoms in total. The van der Waals surface area contributed by atoms with Crippen LogP contribution in [0.4, 0.5) is 14.5 Å². The molecule has 0 aliphatic heterocycles. The number of aryl methyl sites for hydroxylation is 2. The SMILES string of the molecule is CCc1nn(C)cc1NCC(O)c1cc(F)ccc1F. The maximum Gasteiger partial charge on any atom is 0.129 e. The molecule has 0 aliphatic carbocycles. The summed E-state index contributed by atoms with van der Waals surface area (Å²) in [5, 5.41) is 17.2. The van der Waals surface area contributed by atoms with Gasteiger partial charge in [0.25, 0.3) is 0 Å². The molecule has 108 valence electrons. The molecule has 20 heavy (non-hydrogen) atoms. The largest absolute Gasteiger partial charge is 0.386 e. The predicted octanol–water partition coefficient (Wildman–Crippen LogP) is 2.41. The van der Waals surface area contributed by atoms with Gasteiger partial charge in [0.1, 0.15) is 11.6 Å². The number of halogens is 2. The number of rotatable bonds is 5. The second-order valence-corrected chi connectivity index (χ2v) is 4.58. The minimum atomic E-state index is -1.13. The van der Waals surface area contributed by atoms with E-state index >= 15 is 0 Å². The molecule has 2 aromatic rings. The molecule has 2 rings (SSSR count). The van der Waals surface area contributed by atoms with Gasteiger partial charge in [0.2, 0.25) is 0 Å². The van der Waals surface area contributed by atoms with E-state index < -0.39 is 17.7 Å². The maximum absolute atomic E-state index is 13.5. The minimum absolute atomic E-state index is 0.0561. The van der Waals surface area contributed by atoms with Crippen LogP contribution < -0.4 is 5.32 Å². The van der Waals surface area contributed by atoms with Gasteiger partial charge < -0.3 is 10.4 Å². The van der Waals surface area contributed by atoms with Gasteiger partial charge in [-0.15, -0.1) is 0 Å². The van der Waals surface area contributed by atoms with Crippen molar-refractivity contribution in [3.63, 3.8) is 0 Å². The highest BCUT2D eigenvalue weighted by Crippen LogP contribution is 2.20. The fourth-order valence-electron chi connectivity index (χ4n) is 2.03. The van der Waals surface area contributed by atoms with Crippen LogP contribution >= 0.6 is 0 Å². The Balaban J connectivity index is 2.08. The van der Waals surface area contributed by atoms with E-state index in [-0.39, 0.29) is 12.1 Å². The van der Waals surface area contributed by atoms with Gasteiger partial charge in [-0.2, -0.15) is 5.10 Å². The lowest BCUT2D eigenvalue weighted by atomic mass is 10.1. The zero-order valence-electron chi connectivity index (χ0n) is 11.4. The zero-order valence-corrected chi connectivity index (χ0v) is 11.4. The van der Waals surface area contributed by atoms with E-state index in [9.17, 15) is 13.9 Å². The second kappa shape index (κ2) is 6.00. The molecule has 0 saturated carbocycles. The average Bonchev–Trinajstić information content (AvgIpc) is 2.79. The third kappa shape index (κ3) is 3.14. The fourth-order valence-corrected chi connectivity index (χ4v) is 2.03. The topological polar surface area (TPSA) is 50.1 Å². The molecular weight excluding hydrogens is 264 g/mol. The standard InChI is InChI=1S/C14H17F2N3O/c1-3-12-13(8-19(2)18-12)17-7-14(20)10-6-9(15)4-5-11(10)16/h4-6,8,14,17,20H,3,7H2,1-2H3. The summed E-state index contributed by atoms with van der Waals surface area (Å²) < 4.78 is 28.3. The summed E-state index contributed by atoms with van der Waals surface area (Å²) in [6.07, 6.45) is 1.40. The summed E-state index contributed by atoms with van der Waals surface area (Å²) in [7, 11) is 1.80. The number of benzene rings is 1. The number of nitrogens with zero attached hydrogens (tertiary/aromatic N) is 2. The molecule has 6 heteroatoms. The van der Waals surface area contributed by atoms with Crippen LogP contribution in [0.5, 0.6) is 0 Å². The van der Waals surface area contributed by atoms with E-state index in [0.717, 1.165) is 36.0 Å². The van der Waals surface area contributed by atoms with Crippen molar-refractivity contribution in [2.45, 2.75) is 19.4 Å². The van der Waals surface area contributed by atoms with Gasteiger partial charge in [-0.25, -0.2) is 8.78 Å². The molecule has 1 aromatic carbocycles. The molecule has 0 amide bonds. The third-order valence-electron chi connectivity index (χ3n) is 3.04. The van der Waals surface area contributed by atoms with E-state index in [1.54, 1.807) is 17.9 Å². The van der Waals surface area contributed by atoms with Crippen molar-refractivity contribution in [1.29, 1.82) is 0 Å². The van der Waals surface area contributed by atoms with Crippen molar-refractivity contribution >= 4 is 5.69 Å². The number of aliphatic hydroxyl groups is 1. The first kappa shape index (κ1) is 14.5. The molecule has 0 aliphatic rings. The zero-order chi connectivity index (χ0) is 14.7. The Kier molecular flexibility index (Phi) is 4.34. The van der Waals surface area contributed by atoms with Gasteiger partial charge in [0.05, 0.1) is 17.5 Å². The molecule has 1 heterocycles. The number of aromatic nitrogens is 2. The third-order valence-corrected chi connectivity index (χ3v) is 3.04. The normalized spacial score (nSPS) is 12.4. The Morgan fingerprint density at radius 3 is 2.85 bits per heavy atom. The van der Waals surface area contributed by atoms with Crippen LogP contribution in [0.25, 0.3) is 0 Å². The smallest absolute Gasteiger partial charge is 0.129 e. The molecule has 1 atom stereocenters. The molecule has 2 N–H and O–H groups in total. The first-order chi connectivity index (χ1) is 9.51. The number of hydrogen-bond donors (Lipinski definition) is 2. The van der Waals surface area contributed by atoms with Crippen LogP contribution in [-0.2, 0) is 13.5 Å². The predicted molar refractivity (Wildman–Crippen MR) is 72.4 cm³/mol. The molecule has 0 bridgehead atoms.